The van der Waals surface area contributed by atoms with Crippen molar-refractivity contribution in [1.29, 1.82) is 0 Å². The zero-order valence-electron chi connectivity index (χ0n) is 17.0. The summed E-state index contributed by atoms with van der Waals surface area (Å²) < 4.78 is 7.08. The van der Waals surface area contributed by atoms with E-state index < -0.39 is 29.7 Å². The molecule has 2 aromatic heterocycles. The molecule has 156 valence electrons. The van der Waals surface area contributed by atoms with Crippen LogP contribution in [0.1, 0.15) is 55.1 Å². The van der Waals surface area contributed by atoms with Crippen molar-refractivity contribution >= 4 is 22.9 Å². The van der Waals surface area contributed by atoms with Gasteiger partial charge in [-0.2, -0.15) is 0 Å². The number of rotatable bonds is 5. The Balaban J connectivity index is 2.06. The van der Waals surface area contributed by atoms with Crippen molar-refractivity contribution in [3.8, 4) is 0 Å². The maximum Gasteiger partial charge on any atom is 0.339 e. The van der Waals surface area contributed by atoms with Crippen LogP contribution in [0.15, 0.2) is 15.7 Å². The molecule has 0 aromatic carbocycles. The van der Waals surface area contributed by atoms with Gasteiger partial charge in [-0.25, -0.2) is 14.6 Å². The molecule has 1 aliphatic rings. The topological polar surface area (TPSA) is 112 Å². The number of hydrogen-bond donors (Lipinski definition) is 1. The third-order valence-electron chi connectivity index (χ3n) is 5.19. The van der Waals surface area contributed by atoms with E-state index in [1.165, 1.54) is 17.7 Å². The molecule has 2 heterocycles. The third kappa shape index (κ3) is 4.23. The van der Waals surface area contributed by atoms with Gasteiger partial charge in [0.2, 0.25) is 5.91 Å². The Morgan fingerprint density at radius 3 is 2.59 bits per heavy atom. The molecule has 29 heavy (non-hydrogen) atoms. The quantitative estimate of drug-likeness (QED) is 0.748. The molecule has 0 aliphatic heterocycles. The van der Waals surface area contributed by atoms with Crippen LogP contribution in [-0.2, 0) is 23.1 Å². The van der Waals surface area contributed by atoms with Gasteiger partial charge < -0.3 is 10.1 Å². The molecule has 0 atom stereocenters. The van der Waals surface area contributed by atoms with Crippen LogP contribution in [0.4, 0.5) is 0 Å². The zero-order chi connectivity index (χ0) is 21.1. The molecule has 1 aliphatic carbocycles. The van der Waals surface area contributed by atoms with Crippen molar-refractivity contribution in [3.63, 3.8) is 0 Å². The SMILES string of the molecule is CCOC(=O)c1cc(C)nc2c1c(=O)n(CC(=O)NC1CCCCC1)c(=O)n2C. The molecule has 1 saturated carbocycles. The van der Waals surface area contributed by atoms with Gasteiger partial charge >= 0.3 is 11.7 Å². The summed E-state index contributed by atoms with van der Waals surface area (Å²) in [5.74, 6) is -1.06. The summed E-state index contributed by atoms with van der Waals surface area (Å²) >= 11 is 0. The highest BCUT2D eigenvalue weighted by Crippen LogP contribution is 2.17. The number of nitrogens with one attached hydrogen (secondary N) is 1. The highest BCUT2D eigenvalue weighted by atomic mass is 16.5. The molecule has 3 rings (SSSR count). The first-order valence-corrected chi connectivity index (χ1v) is 9.91. The summed E-state index contributed by atoms with van der Waals surface area (Å²) in [7, 11) is 1.46. The van der Waals surface area contributed by atoms with Crippen molar-refractivity contribution in [3.05, 3.63) is 38.2 Å². The van der Waals surface area contributed by atoms with Gasteiger partial charge in [0, 0.05) is 18.8 Å². The predicted octanol–water partition coefficient (Wildman–Crippen LogP) is 1.03. The van der Waals surface area contributed by atoms with Gasteiger partial charge in [0.15, 0.2) is 0 Å². The highest BCUT2D eigenvalue weighted by molar-refractivity contribution is 6.02. The molecule has 2 aromatic rings. The van der Waals surface area contributed by atoms with Gasteiger partial charge in [-0.15, -0.1) is 0 Å². The fourth-order valence-electron chi connectivity index (χ4n) is 3.78. The van der Waals surface area contributed by atoms with Crippen molar-refractivity contribution in [2.45, 2.75) is 58.5 Å². The lowest BCUT2D eigenvalue weighted by Gasteiger charge is -2.23. The average Bonchev–Trinajstić information content (AvgIpc) is 2.69. The number of carbonyl (C=O) groups excluding carboxylic acids is 2. The fraction of sp³-hybridized carbons (Fsp3) is 0.550. The Kier molecular flexibility index (Phi) is 6.14. The zero-order valence-corrected chi connectivity index (χ0v) is 17.0. The Morgan fingerprint density at radius 2 is 1.93 bits per heavy atom. The standard InChI is InChI=1S/C20H26N4O5/c1-4-29-19(27)14-10-12(2)21-17-16(14)18(26)24(20(28)23(17)3)11-15(25)22-13-8-6-5-7-9-13/h10,13H,4-9,11H2,1-3H3,(H,22,25). The first-order valence-electron chi connectivity index (χ1n) is 9.91. The number of hydrogen-bond acceptors (Lipinski definition) is 6. The summed E-state index contributed by atoms with van der Waals surface area (Å²) in [6.45, 7) is 3.06. The monoisotopic (exact) mass is 402 g/mol. The minimum atomic E-state index is -0.725. The Labute approximate surface area is 167 Å². The van der Waals surface area contributed by atoms with E-state index in [9.17, 15) is 19.2 Å². The predicted molar refractivity (Wildman–Crippen MR) is 107 cm³/mol. The Hall–Kier alpha value is -2.97. The average molecular weight is 402 g/mol. The number of aromatic nitrogens is 3. The van der Waals surface area contributed by atoms with Crippen molar-refractivity contribution in [1.82, 2.24) is 19.4 Å². The molecule has 0 unspecified atom stereocenters. The minimum absolute atomic E-state index is 0.0263. The molecule has 0 saturated heterocycles. The Bertz CT molecular complexity index is 1060. The van der Waals surface area contributed by atoms with E-state index in [0.29, 0.717) is 5.69 Å². The van der Waals surface area contributed by atoms with Crippen LogP contribution in [0.3, 0.4) is 0 Å². The summed E-state index contributed by atoms with van der Waals surface area (Å²) in [4.78, 5) is 55.0. The number of esters is 1. The lowest BCUT2D eigenvalue weighted by Crippen LogP contribution is -2.46. The molecule has 0 radical (unpaired) electrons. The smallest absolute Gasteiger partial charge is 0.339 e. The first kappa shape index (κ1) is 20.8. The number of carbonyl (C=O) groups is 2. The van der Waals surface area contributed by atoms with Gasteiger partial charge in [-0.1, -0.05) is 19.3 Å². The number of amides is 1. The number of nitrogens with zero attached hydrogens (tertiary/aromatic N) is 3. The normalized spacial score (nSPS) is 14.7. The van der Waals surface area contributed by atoms with Crippen LogP contribution in [0.25, 0.3) is 11.0 Å². The van der Waals surface area contributed by atoms with E-state index in [1.807, 2.05) is 0 Å². The third-order valence-corrected chi connectivity index (χ3v) is 5.19. The van der Waals surface area contributed by atoms with Crippen molar-refractivity contribution < 1.29 is 14.3 Å². The molecule has 0 spiro atoms. The van der Waals surface area contributed by atoms with Crippen LogP contribution < -0.4 is 16.6 Å². The van der Waals surface area contributed by atoms with Crippen LogP contribution in [0.5, 0.6) is 0 Å². The number of fused-ring (bicyclic) bond motifs is 1. The molecule has 1 fully saturated rings. The molecule has 9 nitrogen and oxygen atoms in total. The second-order valence-corrected chi connectivity index (χ2v) is 7.37. The first-order chi connectivity index (χ1) is 13.8. The molecular formula is C20H26N4O5. The van der Waals surface area contributed by atoms with Crippen molar-refractivity contribution in [2.24, 2.45) is 7.05 Å². The summed E-state index contributed by atoms with van der Waals surface area (Å²) in [5.41, 5.74) is -0.780. The molecule has 0 bridgehead atoms. The van der Waals surface area contributed by atoms with Crippen molar-refractivity contribution in [2.75, 3.05) is 6.61 Å². The Morgan fingerprint density at radius 1 is 1.24 bits per heavy atom. The second kappa shape index (κ2) is 8.59. The van der Waals surface area contributed by atoms with Gasteiger partial charge in [0.25, 0.3) is 5.56 Å². The summed E-state index contributed by atoms with van der Waals surface area (Å²) in [5, 5.41) is 2.88. The minimum Gasteiger partial charge on any atom is -0.462 e. The van der Waals surface area contributed by atoms with Crippen LogP contribution in [0, 0.1) is 6.92 Å². The van der Waals surface area contributed by atoms with Gasteiger partial charge in [0.1, 0.15) is 12.2 Å². The number of ether oxygens (including phenoxy) is 1. The van der Waals surface area contributed by atoms with Gasteiger partial charge in [-0.05, 0) is 32.8 Å². The molecular weight excluding hydrogens is 376 g/mol. The number of pyridine rings is 1. The fourth-order valence-corrected chi connectivity index (χ4v) is 3.78. The molecule has 1 amide bonds. The molecule has 9 heteroatoms. The second-order valence-electron chi connectivity index (χ2n) is 7.37. The van der Waals surface area contributed by atoms with E-state index in [0.717, 1.165) is 36.7 Å². The maximum absolute atomic E-state index is 13.1. The van der Waals surface area contributed by atoms with E-state index in [4.69, 9.17) is 4.74 Å². The largest absolute Gasteiger partial charge is 0.462 e. The van der Waals surface area contributed by atoms with Gasteiger partial charge in [0.05, 0.1) is 17.6 Å². The number of aryl methyl sites for hydroxylation is 2. The lowest BCUT2D eigenvalue weighted by atomic mass is 9.95. The molecule has 1 N–H and O–H groups in total. The van der Waals surface area contributed by atoms with Crippen LogP contribution in [-0.4, -0.2) is 38.6 Å². The van der Waals surface area contributed by atoms with E-state index in [-0.39, 0.29) is 29.2 Å². The lowest BCUT2D eigenvalue weighted by molar-refractivity contribution is -0.122. The van der Waals surface area contributed by atoms with E-state index in [1.54, 1.807) is 13.8 Å². The summed E-state index contributed by atoms with van der Waals surface area (Å²) in [6, 6.07) is 1.52. The maximum atomic E-state index is 13.1. The van der Waals surface area contributed by atoms with Gasteiger partial charge in [-0.3, -0.25) is 18.7 Å². The highest BCUT2D eigenvalue weighted by Gasteiger charge is 2.23. The van der Waals surface area contributed by atoms with E-state index in [2.05, 4.69) is 10.3 Å². The van der Waals surface area contributed by atoms with Crippen LogP contribution >= 0.6 is 0 Å². The van der Waals surface area contributed by atoms with Crippen LogP contribution in [0.2, 0.25) is 0 Å². The van der Waals surface area contributed by atoms with E-state index >= 15 is 0 Å². The summed E-state index contributed by atoms with van der Waals surface area (Å²) in [6.07, 6.45) is 5.05.